The van der Waals surface area contributed by atoms with Crippen LogP contribution in [-0.2, 0) is 6.54 Å². The van der Waals surface area contributed by atoms with E-state index in [9.17, 15) is 10.2 Å². The van der Waals surface area contributed by atoms with Gasteiger partial charge in [-0.15, -0.1) is 0 Å². The van der Waals surface area contributed by atoms with Crippen molar-refractivity contribution >= 4 is 5.69 Å². The van der Waals surface area contributed by atoms with Gasteiger partial charge in [0.25, 0.3) is 0 Å². The van der Waals surface area contributed by atoms with Crippen molar-refractivity contribution in [1.29, 1.82) is 0 Å². The molecule has 4 nitrogen and oxygen atoms in total. The lowest BCUT2D eigenvalue weighted by molar-refractivity contribution is 0.0572. The van der Waals surface area contributed by atoms with Crippen molar-refractivity contribution in [2.24, 2.45) is 5.92 Å². The molecule has 1 aromatic rings. The fraction of sp³-hybridized carbons (Fsp3) is 0.625. The van der Waals surface area contributed by atoms with E-state index in [2.05, 4.69) is 44.3 Å². The molecule has 1 aliphatic heterocycles. The summed E-state index contributed by atoms with van der Waals surface area (Å²) >= 11 is 0. The van der Waals surface area contributed by atoms with E-state index in [1.807, 2.05) is 4.90 Å². The van der Waals surface area contributed by atoms with Gasteiger partial charge in [0.2, 0.25) is 0 Å². The highest BCUT2D eigenvalue weighted by molar-refractivity contribution is 5.52. The Kier molecular flexibility index (Phi) is 5.02. The van der Waals surface area contributed by atoms with Gasteiger partial charge < -0.3 is 20.4 Å². The van der Waals surface area contributed by atoms with Crippen LogP contribution in [0.25, 0.3) is 0 Å². The number of hydrogen-bond donors (Lipinski definition) is 3. The van der Waals surface area contributed by atoms with Gasteiger partial charge in [0, 0.05) is 25.3 Å². The molecule has 0 aromatic heterocycles. The van der Waals surface area contributed by atoms with Gasteiger partial charge in [0.1, 0.15) is 0 Å². The molecule has 3 N–H and O–H groups in total. The first-order valence-electron chi connectivity index (χ1n) is 7.38. The zero-order chi connectivity index (χ0) is 14.7. The molecule has 0 spiro atoms. The zero-order valence-corrected chi connectivity index (χ0v) is 12.6. The highest BCUT2D eigenvalue weighted by Gasteiger charge is 2.29. The molecule has 1 saturated heterocycles. The van der Waals surface area contributed by atoms with Crippen molar-refractivity contribution in [2.75, 3.05) is 24.5 Å². The summed E-state index contributed by atoms with van der Waals surface area (Å²) in [6.45, 7) is 9.43. The van der Waals surface area contributed by atoms with Gasteiger partial charge in [-0.05, 0) is 42.6 Å². The number of aryl methyl sites for hydroxylation is 1. The number of anilines is 1. The summed E-state index contributed by atoms with van der Waals surface area (Å²) in [5.41, 5.74) is 3.62. The molecule has 0 amide bonds. The van der Waals surface area contributed by atoms with Crippen LogP contribution < -0.4 is 10.2 Å². The maximum absolute atomic E-state index is 9.62. The summed E-state index contributed by atoms with van der Waals surface area (Å²) in [5.74, 6) is 0.655. The second-order valence-electron chi connectivity index (χ2n) is 6.18. The summed E-state index contributed by atoms with van der Waals surface area (Å²) in [7, 11) is 0. The van der Waals surface area contributed by atoms with Crippen LogP contribution in [0.2, 0.25) is 0 Å². The Morgan fingerprint density at radius 2 is 1.90 bits per heavy atom. The van der Waals surface area contributed by atoms with E-state index >= 15 is 0 Å². The molecule has 20 heavy (non-hydrogen) atoms. The van der Waals surface area contributed by atoms with Gasteiger partial charge >= 0.3 is 0 Å². The van der Waals surface area contributed by atoms with Crippen molar-refractivity contribution in [2.45, 2.75) is 39.5 Å². The minimum absolute atomic E-state index is 0.506. The number of aliphatic hydroxyl groups is 2. The monoisotopic (exact) mass is 278 g/mol. The molecule has 1 fully saturated rings. The fourth-order valence-corrected chi connectivity index (χ4v) is 2.55. The summed E-state index contributed by atoms with van der Waals surface area (Å²) in [4.78, 5) is 2.04. The third-order valence-electron chi connectivity index (χ3n) is 3.82. The molecule has 1 heterocycles. The normalized spacial score (nSPS) is 22.8. The molecular weight excluding hydrogens is 252 g/mol. The first-order chi connectivity index (χ1) is 9.47. The topological polar surface area (TPSA) is 55.7 Å². The van der Waals surface area contributed by atoms with E-state index in [-0.39, 0.29) is 0 Å². The van der Waals surface area contributed by atoms with Crippen LogP contribution in [-0.4, -0.2) is 42.1 Å². The van der Waals surface area contributed by atoms with Gasteiger partial charge in [0.05, 0.1) is 12.2 Å². The van der Waals surface area contributed by atoms with Crippen LogP contribution in [0.4, 0.5) is 5.69 Å². The van der Waals surface area contributed by atoms with E-state index in [0.29, 0.717) is 19.0 Å². The van der Waals surface area contributed by atoms with Crippen LogP contribution >= 0.6 is 0 Å². The molecule has 112 valence electrons. The number of benzene rings is 1. The lowest BCUT2D eigenvalue weighted by atomic mass is 10.1. The molecule has 0 radical (unpaired) electrons. The maximum atomic E-state index is 9.62. The van der Waals surface area contributed by atoms with Gasteiger partial charge in [-0.3, -0.25) is 0 Å². The van der Waals surface area contributed by atoms with Gasteiger partial charge in [-0.2, -0.15) is 0 Å². The Morgan fingerprint density at radius 1 is 1.25 bits per heavy atom. The molecule has 0 bridgehead atoms. The summed E-state index contributed by atoms with van der Waals surface area (Å²) in [6.07, 6.45) is -1.27. The standard InChI is InChI=1S/C16H26N2O2/c1-11(2)7-17-8-13-4-5-14(6-12(13)3)18-9-15(19)16(20)10-18/h4-6,11,15-17,19-20H,7-10H2,1-3H3. The summed E-state index contributed by atoms with van der Waals surface area (Å²) in [6, 6.07) is 6.34. The minimum Gasteiger partial charge on any atom is -0.389 e. The van der Waals surface area contributed by atoms with Gasteiger partial charge in [-0.1, -0.05) is 19.9 Å². The highest BCUT2D eigenvalue weighted by atomic mass is 16.3. The molecular formula is C16H26N2O2. The van der Waals surface area contributed by atoms with Gasteiger partial charge in [-0.25, -0.2) is 0 Å². The smallest absolute Gasteiger partial charge is 0.0990 e. The second-order valence-corrected chi connectivity index (χ2v) is 6.18. The number of nitrogens with zero attached hydrogens (tertiary/aromatic N) is 1. The molecule has 2 rings (SSSR count). The van der Waals surface area contributed by atoms with Crippen molar-refractivity contribution in [1.82, 2.24) is 5.32 Å². The fourth-order valence-electron chi connectivity index (χ4n) is 2.55. The molecule has 0 aliphatic carbocycles. The van der Waals surface area contributed by atoms with Crippen molar-refractivity contribution in [3.8, 4) is 0 Å². The quantitative estimate of drug-likeness (QED) is 0.759. The number of hydrogen-bond acceptors (Lipinski definition) is 4. The molecule has 2 atom stereocenters. The Bertz CT molecular complexity index is 438. The summed E-state index contributed by atoms with van der Waals surface area (Å²) in [5, 5.41) is 22.7. The molecule has 2 unspecified atom stereocenters. The van der Waals surface area contributed by atoms with E-state index in [4.69, 9.17) is 0 Å². The van der Waals surface area contributed by atoms with Crippen LogP contribution in [0.15, 0.2) is 18.2 Å². The predicted octanol–water partition coefficient (Wildman–Crippen LogP) is 1.28. The first-order valence-corrected chi connectivity index (χ1v) is 7.38. The van der Waals surface area contributed by atoms with E-state index in [1.165, 1.54) is 11.1 Å². The number of aliphatic hydroxyl groups excluding tert-OH is 2. The van der Waals surface area contributed by atoms with Crippen molar-refractivity contribution in [3.63, 3.8) is 0 Å². The number of β-amino-alcohol motifs (C(OH)–C–C–N with tert-alkyl or cyclic N) is 2. The summed E-state index contributed by atoms with van der Waals surface area (Å²) < 4.78 is 0. The predicted molar refractivity (Wildman–Crippen MR) is 82.0 cm³/mol. The molecule has 1 aliphatic rings. The first kappa shape index (κ1) is 15.3. The van der Waals surface area contributed by atoms with E-state index < -0.39 is 12.2 Å². The largest absolute Gasteiger partial charge is 0.389 e. The minimum atomic E-state index is -0.636. The third-order valence-corrected chi connectivity index (χ3v) is 3.82. The number of nitrogens with one attached hydrogen (secondary N) is 1. The van der Waals surface area contributed by atoms with Crippen LogP contribution in [0, 0.1) is 12.8 Å². The Morgan fingerprint density at radius 3 is 2.45 bits per heavy atom. The van der Waals surface area contributed by atoms with Crippen molar-refractivity contribution in [3.05, 3.63) is 29.3 Å². The Balaban J connectivity index is 1.99. The van der Waals surface area contributed by atoms with Crippen LogP contribution in [0.5, 0.6) is 0 Å². The molecule has 4 heteroatoms. The molecule has 1 aromatic carbocycles. The van der Waals surface area contributed by atoms with Crippen molar-refractivity contribution < 1.29 is 10.2 Å². The highest BCUT2D eigenvalue weighted by Crippen LogP contribution is 2.23. The lowest BCUT2D eigenvalue weighted by Gasteiger charge is -2.19. The maximum Gasteiger partial charge on any atom is 0.0990 e. The van der Waals surface area contributed by atoms with Crippen LogP contribution in [0.1, 0.15) is 25.0 Å². The average Bonchev–Trinajstić information content (AvgIpc) is 2.71. The zero-order valence-electron chi connectivity index (χ0n) is 12.6. The van der Waals surface area contributed by atoms with Crippen LogP contribution in [0.3, 0.4) is 0 Å². The number of rotatable bonds is 5. The van der Waals surface area contributed by atoms with E-state index in [1.54, 1.807) is 0 Å². The lowest BCUT2D eigenvalue weighted by Crippen LogP contribution is -2.22. The third kappa shape index (κ3) is 3.72. The second kappa shape index (κ2) is 6.57. The Hall–Kier alpha value is -1.10. The van der Waals surface area contributed by atoms with Gasteiger partial charge in [0.15, 0.2) is 0 Å². The average molecular weight is 278 g/mol. The SMILES string of the molecule is Cc1cc(N2CC(O)C(O)C2)ccc1CNCC(C)C. The molecule has 0 saturated carbocycles. The Labute approximate surface area is 121 Å². The van der Waals surface area contributed by atoms with E-state index in [0.717, 1.165) is 18.8 Å².